The number of aryl methyl sites for hydroxylation is 2. The van der Waals surface area contributed by atoms with E-state index < -0.39 is 0 Å². The number of ether oxygens (including phenoxy) is 1. The lowest BCUT2D eigenvalue weighted by Crippen LogP contribution is -2.41. The van der Waals surface area contributed by atoms with Crippen LogP contribution in [0.5, 0.6) is 0 Å². The van der Waals surface area contributed by atoms with E-state index in [1.807, 2.05) is 20.9 Å². The van der Waals surface area contributed by atoms with Gasteiger partial charge in [-0.1, -0.05) is 0 Å². The van der Waals surface area contributed by atoms with Gasteiger partial charge in [-0.25, -0.2) is 0 Å². The van der Waals surface area contributed by atoms with Crippen molar-refractivity contribution in [3.63, 3.8) is 0 Å². The van der Waals surface area contributed by atoms with Gasteiger partial charge in [0.1, 0.15) is 9.71 Å². The number of aromatic nitrogens is 2. The molecule has 1 aliphatic rings. The molecule has 3 rings (SSSR count). The quantitative estimate of drug-likeness (QED) is 0.886. The summed E-state index contributed by atoms with van der Waals surface area (Å²) in [5.74, 6) is -0.0906. The summed E-state index contributed by atoms with van der Waals surface area (Å²) >= 11 is 1.40. The first kappa shape index (κ1) is 14.3. The third kappa shape index (κ3) is 2.51. The molecule has 1 aliphatic heterocycles. The fourth-order valence-corrected chi connectivity index (χ4v) is 3.97. The van der Waals surface area contributed by atoms with Crippen LogP contribution in [0.1, 0.15) is 35.1 Å². The summed E-state index contributed by atoms with van der Waals surface area (Å²) < 4.78 is 7.28. The van der Waals surface area contributed by atoms with Crippen molar-refractivity contribution in [1.82, 2.24) is 15.1 Å². The van der Waals surface area contributed by atoms with E-state index in [4.69, 9.17) is 10.5 Å². The zero-order valence-corrected chi connectivity index (χ0v) is 13.3. The summed E-state index contributed by atoms with van der Waals surface area (Å²) in [5, 5.41) is 8.31. The van der Waals surface area contributed by atoms with Gasteiger partial charge < -0.3 is 15.8 Å². The number of hydrogen-bond acceptors (Lipinski definition) is 5. The second-order valence-electron chi connectivity index (χ2n) is 5.61. The number of nitrogens with zero attached hydrogens (tertiary/aromatic N) is 2. The fourth-order valence-electron chi connectivity index (χ4n) is 2.88. The van der Waals surface area contributed by atoms with Crippen LogP contribution >= 0.6 is 11.3 Å². The Morgan fingerprint density at radius 1 is 1.57 bits per heavy atom. The van der Waals surface area contributed by atoms with E-state index in [1.54, 1.807) is 4.68 Å². The number of rotatable bonds is 2. The average Bonchev–Trinajstić information content (AvgIpc) is 2.89. The van der Waals surface area contributed by atoms with Crippen molar-refractivity contribution in [1.29, 1.82) is 0 Å². The van der Waals surface area contributed by atoms with Gasteiger partial charge in [-0.2, -0.15) is 5.10 Å². The molecule has 0 spiro atoms. The first-order valence-corrected chi connectivity index (χ1v) is 7.93. The molecule has 21 heavy (non-hydrogen) atoms. The van der Waals surface area contributed by atoms with E-state index in [0.717, 1.165) is 28.8 Å². The van der Waals surface area contributed by atoms with Crippen LogP contribution in [0.2, 0.25) is 0 Å². The molecule has 0 saturated carbocycles. The molecule has 7 heteroatoms. The zero-order chi connectivity index (χ0) is 15.1. The number of carbonyl (C=O) groups excluding carboxylic acids is 1. The number of nitrogen functional groups attached to an aromatic ring is 1. The maximum Gasteiger partial charge on any atom is 0.263 e. The molecule has 0 bridgehead atoms. The van der Waals surface area contributed by atoms with Gasteiger partial charge in [-0.15, -0.1) is 11.3 Å². The van der Waals surface area contributed by atoms with Crippen LogP contribution in [0.15, 0.2) is 0 Å². The fraction of sp³-hybridized carbons (Fsp3) is 0.571. The van der Waals surface area contributed by atoms with Gasteiger partial charge in [-0.05, 0) is 26.7 Å². The molecule has 2 aromatic heterocycles. The summed E-state index contributed by atoms with van der Waals surface area (Å²) in [6.45, 7) is 4.63. The predicted molar refractivity (Wildman–Crippen MR) is 83.6 cm³/mol. The standard InChI is InChI=1S/C14H20N4O2S/c1-7-6-9(4-5-20-7)16-13(19)12-11(15)10-8(2)17-18(3)14(10)21-12/h7,9H,4-6,15H2,1-3H3,(H,16,19). The molecule has 3 N–H and O–H groups in total. The number of hydrogen-bond donors (Lipinski definition) is 2. The lowest BCUT2D eigenvalue weighted by atomic mass is 10.0. The highest BCUT2D eigenvalue weighted by molar-refractivity contribution is 7.21. The molecule has 0 aromatic carbocycles. The van der Waals surface area contributed by atoms with Gasteiger partial charge in [0.05, 0.1) is 22.9 Å². The predicted octanol–water partition coefficient (Wildman–Crippen LogP) is 1.82. The molecule has 114 valence electrons. The van der Waals surface area contributed by atoms with Crippen molar-refractivity contribution >= 4 is 33.1 Å². The van der Waals surface area contributed by atoms with Gasteiger partial charge in [0.15, 0.2) is 0 Å². The summed E-state index contributed by atoms with van der Waals surface area (Å²) in [4.78, 5) is 14.0. The minimum atomic E-state index is -0.0906. The lowest BCUT2D eigenvalue weighted by molar-refractivity contribution is 0.0137. The number of amides is 1. The van der Waals surface area contributed by atoms with Gasteiger partial charge >= 0.3 is 0 Å². The van der Waals surface area contributed by atoms with Crippen LogP contribution in [-0.4, -0.2) is 34.4 Å². The molecule has 2 aromatic rings. The van der Waals surface area contributed by atoms with Crippen LogP contribution in [0.3, 0.4) is 0 Å². The van der Waals surface area contributed by atoms with E-state index in [1.165, 1.54) is 11.3 Å². The maximum atomic E-state index is 12.5. The molecule has 0 radical (unpaired) electrons. The van der Waals surface area contributed by atoms with Gasteiger partial charge in [0, 0.05) is 19.7 Å². The Bertz CT molecular complexity index is 691. The second kappa shape index (κ2) is 5.31. The smallest absolute Gasteiger partial charge is 0.263 e. The van der Waals surface area contributed by atoms with Crippen LogP contribution < -0.4 is 11.1 Å². The molecule has 6 nitrogen and oxygen atoms in total. The molecule has 2 unspecified atom stereocenters. The minimum absolute atomic E-state index is 0.0906. The van der Waals surface area contributed by atoms with Gasteiger partial charge in [-0.3, -0.25) is 9.48 Å². The van der Waals surface area contributed by atoms with Crippen LogP contribution in [0, 0.1) is 6.92 Å². The topological polar surface area (TPSA) is 82.2 Å². The third-order valence-corrected chi connectivity index (χ3v) is 5.18. The normalized spacial score (nSPS) is 22.6. The Morgan fingerprint density at radius 2 is 2.33 bits per heavy atom. The molecule has 2 atom stereocenters. The highest BCUT2D eigenvalue weighted by Gasteiger charge is 2.25. The number of carbonyl (C=O) groups is 1. The van der Waals surface area contributed by atoms with Crippen molar-refractivity contribution in [3.8, 4) is 0 Å². The van der Waals surface area contributed by atoms with E-state index in [9.17, 15) is 4.79 Å². The number of nitrogens with two attached hydrogens (primary N) is 1. The summed E-state index contributed by atoms with van der Waals surface area (Å²) in [7, 11) is 1.87. The maximum absolute atomic E-state index is 12.5. The SMILES string of the molecule is Cc1nn(C)c2sc(C(=O)NC3CCOC(C)C3)c(N)c12. The summed E-state index contributed by atoms with van der Waals surface area (Å²) in [5.41, 5.74) is 7.56. The van der Waals surface area contributed by atoms with E-state index >= 15 is 0 Å². The number of thiophene rings is 1. The first-order chi connectivity index (χ1) is 9.97. The molecule has 1 saturated heterocycles. The number of fused-ring (bicyclic) bond motifs is 1. The number of anilines is 1. The van der Waals surface area contributed by atoms with Crippen molar-refractivity contribution in [2.75, 3.05) is 12.3 Å². The summed E-state index contributed by atoms with van der Waals surface area (Å²) in [6.07, 6.45) is 1.88. The molecule has 1 amide bonds. The van der Waals surface area contributed by atoms with Crippen molar-refractivity contribution in [2.24, 2.45) is 7.05 Å². The van der Waals surface area contributed by atoms with E-state index in [0.29, 0.717) is 17.2 Å². The zero-order valence-electron chi connectivity index (χ0n) is 12.5. The van der Waals surface area contributed by atoms with Crippen LogP contribution in [0.4, 0.5) is 5.69 Å². The van der Waals surface area contributed by atoms with Crippen LogP contribution in [-0.2, 0) is 11.8 Å². The third-order valence-electron chi connectivity index (χ3n) is 3.91. The minimum Gasteiger partial charge on any atom is -0.397 e. The van der Waals surface area contributed by atoms with Crippen molar-refractivity contribution in [2.45, 2.75) is 38.8 Å². The lowest BCUT2D eigenvalue weighted by Gasteiger charge is -2.27. The Labute approximate surface area is 127 Å². The van der Waals surface area contributed by atoms with Crippen molar-refractivity contribution < 1.29 is 9.53 Å². The van der Waals surface area contributed by atoms with Gasteiger partial charge in [0.25, 0.3) is 5.91 Å². The Hall–Kier alpha value is -1.60. The monoisotopic (exact) mass is 308 g/mol. The Morgan fingerprint density at radius 3 is 3.00 bits per heavy atom. The van der Waals surface area contributed by atoms with Crippen LogP contribution in [0.25, 0.3) is 10.2 Å². The Kier molecular flexibility index (Phi) is 3.62. The first-order valence-electron chi connectivity index (χ1n) is 7.11. The largest absolute Gasteiger partial charge is 0.397 e. The molecule has 3 heterocycles. The highest BCUT2D eigenvalue weighted by Crippen LogP contribution is 2.35. The summed E-state index contributed by atoms with van der Waals surface area (Å²) in [6, 6.07) is 0.157. The molecule has 0 aliphatic carbocycles. The second-order valence-corrected chi connectivity index (χ2v) is 6.61. The highest BCUT2D eigenvalue weighted by atomic mass is 32.1. The molecular formula is C14H20N4O2S. The van der Waals surface area contributed by atoms with Gasteiger partial charge in [0.2, 0.25) is 0 Å². The Balaban J connectivity index is 1.84. The van der Waals surface area contributed by atoms with E-state index in [-0.39, 0.29) is 18.1 Å². The average molecular weight is 308 g/mol. The van der Waals surface area contributed by atoms with E-state index in [2.05, 4.69) is 10.4 Å². The number of nitrogens with one attached hydrogen (secondary N) is 1. The molecule has 1 fully saturated rings. The molecular weight excluding hydrogens is 288 g/mol. The van der Waals surface area contributed by atoms with Crippen molar-refractivity contribution in [3.05, 3.63) is 10.6 Å².